The SMILES string of the molecule is CCCN1C(=O)C2CCC(=O)N2c2ccc(C(=O)NC(C)(C)CC)cc21. The fourth-order valence-electron chi connectivity index (χ4n) is 3.53. The topological polar surface area (TPSA) is 69.7 Å². The molecule has 2 heterocycles. The first-order valence-corrected chi connectivity index (χ1v) is 9.39. The van der Waals surface area contributed by atoms with Crippen molar-refractivity contribution in [3.05, 3.63) is 23.8 Å². The molecule has 1 saturated heterocycles. The standard InChI is InChI=1S/C20H27N3O3/c1-5-11-22-16-12-13(18(25)21-20(3,4)6-2)7-8-14(16)23-15(19(22)26)9-10-17(23)24/h7-8,12,15H,5-6,9-11H2,1-4H3,(H,21,25). The van der Waals surface area contributed by atoms with Crippen molar-refractivity contribution in [2.75, 3.05) is 16.3 Å². The van der Waals surface area contributed by atoms with Gasteiger partial charge in [0.05, 0.1) is 11.4 Å². The maximum absolute atomic E-state index is 12.9. The highest BCUT2D eigenvalue weighted by Gasteiger charge is 2.44. The maximum Gasteiger partial charge on any atom is 0.251 e. The predicted octanol–water partition coefficient (Wildman–Crippen LogP) is 2.86. The van der Waals surface area contributed by atoms with E-state index >= 15 is 0 Å². The molecule has 2 aliphatic heterocycles. The van der Waals surface area contributed by atoms with Crippen LogP contribution in [0.4, 0.5) is 11.4 Å². The molecule has 1 N–H and O–H groups in total. The Morgan fingerprint density at radius 3 is 2.62 bits per heavy atom. The highest BCUT2D eigenvalue weighted by molar-refractivity contribution is 6.15. The van der Waals surface area contributed by atoms with Gasteiger partial charge < -0.3 is 10.2 Å². The average molecular weight is 357 g/mol. The summed E-state index contributed by atoms with van der Waals surface area (Å²) in [7, 11) is 0. The van der Waals surface area contributed by atoms with Crippen molar-refractivity contribution < 1.29 is 14.4 Å². The lowest BCUT2D eigenvalue weighted by atomic mass is 10.00. The summed E-state index contributed by atoms with van der Waals surface area (Å²) in [6, 6.07) is 4.88. The van der Waals surface area contributed by atoms with Crippen LogP contribution in [0, 0.1) is 0 Å². The molecule has 0 radical (unpaired) electrons. The van der Waals surface area contributed by atoms with Crippen LogP contribution in [0.3, 0.4) is 0 Å². The molecular formula is C20H27N3O3. The Labute approximate surface area is 154 Å². The monoisotopic (exact) mass is 357 g/mol. The Morgan fingerprint density at radius 1 is 1.23 bits per heavy atom. The van der Waals surface area contributed by atoms with Gasteiger partial charge in [0.15, 0.2) is 0 Å². The van der Waals surface area contributed by atoms with Crippen molar-refractivity contribution in [2.45, 2.75) is 65.0 Å². The summed E-state index contributed by atoms with van der Waals surface area (Å²) in [5.41, 5.74) is 1.59. The zero-order valence-electron chi connectivity index (χ0n) is 16.0. The number of amides is 3. The van der Waals surface area contributed by atoms with Gasteiger partial charge >= 0.3 is 0 Å². The van der Waals surface area contributed by atoms with Crippen LogP contribution in [-0.4, -0.2) is 35.8 Å². The fourth-order valence-corrected chi connectivity index (χ4v) is 3.53. The van der Waals surface area contributed by atoms with Crippen LogP contribution < -0.4 is 15.1 Å². The minimum atomic E-state index is -0.403. The highest BCUT2D eigenvalue weighted by Crippen LogP contribution is 2.41. The molecule has 2 aliphatic rings. The Balaban J connectivity index is 2.01. The molecule has 0 aliphatic carbocycles. The number of hydrogen-bond donors (Lipinski definition) is 1. The third kappa shape index (κ3) is 3.08. The van der Waals surface area contributed by atoms with E-state index in [2.05, 4.69) is 5.32 Å². The molecule has 3 rings (SSSR count). The van der Waals surface area contributed by atoms with Crippen LogP contribution in [-0.2, 0) is 9.59 Å². The maximum atomic E-state index is 12.9. The first kappa shape index (κ1) is 18.4. The Morgan fingerprint density at radius 2 is 1.96 bits per heavy atom. The van der Waals surface area contributed by atoms with Gasteiger partial charge in [-0.25, -0.2) is 0 Å². The first-order valence-electron chi connectivity index (χ1n) is 9.39. The van der Waals surface area contributed by atoms with Crippen molar-refractivity contribution in [3.8, 4) is 0 Å². The minimum Gasteiger partial charge on any atom is -0.347 e. The lowest BCUT2D eigenvalue weighted by molar-refractivity contribution is -0.122. The van der Waals surface area contributed by atoms with Gasteiger partial charge in [0.25, 0.3) is 5.91 Å². The lowest BCUT2D eigenvalue weighted by Gasteiger charge is -2.38. The molecule has 1 aromatic rings. The average Bonchev–Trinajstić information content (AvgIpc) is 3.00. The van der Waals surface area contributed by atoms with Gasteiger partial charge in [-0.05, 0) is 51.3 Å². The van der Waals surface area contributed by atoms with Crippen LogP contribution in [0.5, 0.6) is 0 Å². The van der Waals surface area contributed by atoms with Gasteiger partial charge in [-0.3, -0.25) is 19.3 Å². The van der Waals surface area contributed by atoms with Crippen molar-refractivity contribution in [3.63, 3.8) is 0 Å². The summed E-state index contributed by atoms with van der Waals surface area (Å²) >= 11 is 0. The van der Waals surface area contributed by atoms with Crippen molar-refractivity contribution in [1.82, 2.24) is 5.32 Å². The minimum absolute atomic E-state index is 0.0231. The van der Waals surface area contributed by atoms with Gasteiger partial charge in [-0.2, -0.15) is 0 Å². The van der Waals surface area contributed by atoms with Crippen molar-refractivity contribution in [2.24, 2.45) is 0 Å². The second kappa shape index (κ2) is 6.74. The van der Waals surface area contributed by atoms with E-state index in [-0.39, 0.29) is 23.3 Å². The molecule has 6 nitrogen and oxygen atoms in total. The molecule has 0 saturated carbocycles. The number of hydrogen-bond acceptors (Lipinski definition) is 3. The Kier molecular flexibility index (Phi) is 4.78. The number of nitrogens with zero attached hydrogens (tertiary/aromatic N) is 2. The van der Waals surface area contributed by atoms with Gasteiger partial charge in [0, 0.05) is 24.1 Å². The fraction of sp³-hybridized carbons (Fsp3) is 0.550. The van der Waals surface area contributed by atoms with Crippen LogP contribution in [0.25, 0.3) is 0 Å². The smallest absolute Gasteiger partial charge is 0.251 e. The van der Waals surface area contributed by atoms with Gasteiger partial charge in [0.1, 0.15) is 6.04 Å². The van der Waals surface area contributed by atoms with E-state index < -0.39 is 6.04 Å². The van der Waals surface area contributed by atoms with Gasteiger partial charge in [0.2, 0.25) is 11.8 Å². The molecule has 0 aromatic heterocycles. The van der Waals surface area contributed by atoms with Crippen LogP contribution >= 0.6 is 0 Å². The van der Waals surface area contributed by atoms with Crippen molar-refractivity contribution in [1.29, 1.82) is 0 Å². The number of carbonyl (C=O) groups excluding carboxylic acids is 3. The summed E-state index contributed by atoms with van der Waals surface area (Å²) in [5.74, 6) is -0.236. The van der Waals surface area contributed by atoms with E-state index in [1.54, 1.807) is 28.0 Å². The summed E-state index contributed by atoms with van der Waals surface area (Å²) in [4.78, 5) is 41.2. The summed E-state index contributed by atoms with van der Waals surface area (Å²) in [6.07, 6.45) is 2.58. The molecule has 140 valence electrons. The Hall–Kier alpha value is -2.37. The van der Waals surface area contributed by atoms with E-state index in [1.807, 2.05) is 27.7 Å². The molecule has 1 fully saturated rings. The molecule has 0 spiro atoms. The quantitative estimate of drug-likeness (QED) is 0.881. The highest BCUT2D eigenvalue weighted by atomic mass is 16.2. The van der Waals surface area contributed by atoms with Crippen molar-refractivity contribution >= 4 is 29.1 Å². The third-order valence-electron chi connectivity index (χ3n) is 5.33. The first-order chi connectivity index (χ1) is 12.3. The summed E-state index contributed by atoms with van der Waals surface area (Å²) in [5, 5.41) is 3.02. The summed E-state index contributed by atoms with van der Waals surface area (Å²) in [6.45, 7) is 8.57. The normalized spacial score (nSPS) is 19.5. The molecule has 6 heteroatoms. The number of anilines is 2. The number of carbonyl (C=O) groups is 3. The number of benzene rings is 1. The second-order valence-electron chi connectivity index (χ2n) is 7.70. The molecule has 0 bridgehead atoms. The molecule has 1 unspecified atom stereocenters. The molecule has 1 atom stereocenters. The van der Waals surface area contributed by atoms with Crippen LogP contribution in [0.15, 0.2) is 18.2 Å². The number of nitrogens with one attached hydrogen (secondary N) is 1. The van der Waals surface area contributed by atoms with E-state index in [4.69, 9.17) is 0 Å². The second-order valence-corrected chi connectivity index (χ2v) is 7.70. The Bertz CT molecular complexity index is 757. The van der Waals surface area contributed by atoms with Crippen LogP contribution in [0.1, 0.15) is 63.7 Å². The lowest BCUT2D eigenvalue weighted by Crippen LogP contribution is -2.52. The molecule has 3 amide bonds. The van der Waals surface area contributed by atoms with E-state index in [9.17, 15) is 14.4 Å². The predicted molar refractivity (Wildman–Crippen MR) is 101 cm³/mol. The largest absolute Gasteiger partial charge is 0.347 e. The molecule has 26 heavy (non-hydrogen) atoms. The summed E-state index contributed by atoms with van der Waals surface area (Å²) < 4.78 is 0. The molecular weight excluding hydrogens is 330 g/mol. The van der Waals surface area contributed by atoms with Gasteiger partial charge in [-0.1, -0.05) is 13.8 Å². The number of fused-ring (bicyclic) bond motifs is 3. The van der Waals surface area contributed by atoms with E-state index in [0.29, 0.717) is 30.6 Å². The third-order valence-corrected chi connectivity index (χ3v) is 5.33. The zero-order chi connectivity index (χ0) is 19.1. The van der Waals surface area contributed by atoms with E-state index in [0.717, 1.165) is 18.5 Å². The number of rotatable bonds is 5. The van der Waals surface area contributed by atoms with Gasteiger partial charge in [-0.15, -0.1) is 0 Å². The molecule has 1 aromatic carbocycles. The zero-order valence-corrected chi connectivity index (χ0v) is 16.0. The van der Waals surface area contributed by atoms with E-state index in [1.165, 1.54) is 0 Å². The van der Waals surface area contributed by atoms with Crippen LogP contribution in [0.2, 0.25) is 0 Å².